The standard InChI is InChI=1S/C12H20N4S/c1-8-11(13)15-17-12(8)14-9-4-6-16-5-2-3-10(16)7-9/h9-10,14H,2-7H2,1H3,(H2,13,15). The number of hydrogen-bond donors (Lipinski definition) is 2. The molecule has 4 nitrogen and oxygen atoms in total. The van der Waals surface area contributed by atoms with E-state index in [1.54, 1.807) is 0 Å². The van der Waals surface area contributed by atoms with Gasteiger partial charge in [-0.25, -0.2) is 0 Å². The molecule has 0 aromatic carbocycles. The molecular weight excluding hydrogens is 232 g/mol. The van der Waals surface area contributed by atoms with Crippen molar-refractivity contribution in [3.63, 3.8) is 0 Å². The molecule has 0 spiro atoms. The number of hydrogen-bond acceptors (Lipinski definition) is 5. The maximum atomic E-state index is 5.78. The molecule has 1 aromatic heterocycles. The second-order valence-corrected chi connectivity index (χ2v) is 5.99. The van der Waals surface area contributed by atoms with Crippen LogP contribution in [0.1, 0.15) is 31.2 Å². The monoisotopic (exact) mass is 252 g/mol. The number of nitrogens with two attached hydrogens (primary N) is 1. The highest BCUT2D eigenvalue weighted by atomic mass is 32.1. The molecule has 2 aliphatic rings. The lowest BCUT2D eigenvalue weighted by molar-refractivity contribution is 0.188. The zero-order valence-electron chi connectivity index (χ0n) is 10.3. The largest absolute Gasteiger partial charge is 0.383 e. The number of nitrogens with one attached hydrogen (secondary N) is 1. The first-order valence-corrected chi connectivity index (χ1v) is 7.23. The normalized spacial score (nSPS) is 29.2. The lowest BCUT2D eigenvalue weighted by Crippen LogP contribution is -2.42. The molecule has 0 radical (unpaired) electrons. The third kappa shape index (κ3) is 2.13. The van der Waals surface area contributed by atoms with Gasteiger partial charge in [-0.05, 0) is 50.7 Å². The number of fused-ring (bicyclic) bond motifs is 1. The molecule has 2 saturated heterocycles. The molecule has 3 N–H and O–H groups in total. The van der Waals surface area contributed by atoms with Crippen LogP contribution in [-0.4, -0.2) is 34.4 Å². The van der Waals surface area contributed by atoms with E-state index in [1.807, 2.05) is 6.92 Å². The molecule has 2 unspecified atom stereocenters. The van der Waals surface area contributed by atoms with Gasteiger partial charge in [0.25, 0.3) is 0 Å². The molecule has 2 fully saturated rings. The molecule has 94 valence electrons. The highest BCUT2D eigenvalue weighted by Crippen LogP contribution is 2.31. The van der Waals surface area contributed by atoms with E-state index in [4.69, 9.17) is 5.73 Å². The second-order valence-electron chi connectivity index (χ2n) is 5.22. The van der Waals surface area contributed by atoms with Gasteiger partial charge in [0.1, 0.15) is 10.8 Å². The number of piperidine rings is 1. The van der Waals surface area contributed by atoms with Crippen LogP contribution in [-0.2, 0) is 0 Å². The van der Waals surface area contributed by atoms with Gasteiger partial charge < -0.3 is 16.0 Å². The van der Waals surface area contributed by atoms with Crippen molar-refractivity contribution < 1.29 is 0 Å². The molecule has 0 saturated carbocycles. The Bertz CT molecular complexity index is 403. The minimum absolute atomic E-state index is 0.605. The summed E-state index contributed by atoms with van der Waals surface area (Å²) in [5.74, 6) is 0.677. The predicted molar refractivity (Wildman–Crippen MR) is 72.5 cm³/mol. The summed E-state index contributed by atoms with van der Waals surface area (Å²) in [5.41, 5.74) is 6.90. The van der Waals surface area contributed by atoms with E-state index in [-0.39, 0.29) is 0 Å². The van der Waals surface area contributed by atoms with Crippen LogP contribution in [0.15, 0.2) is 0 Å². The Morgan fingerprint density at radius 3 is 3.06 bits per heavy atom. The smallest absolute Gasteiger partial charge is 0.142 e. The maximum absolute atomic E-state index is 5.78. The molecule has 3 rings (SSSR count). The number of aromatic nitrogens is 1. The summed E-state index contributed by atoms with van der Waals surface area (Å²) in [6, 6.07) is 1.42. The summed E-state index contributed by atoms with van der Waals surface area (Å²) < 4.78 is 4.19. The van der Waals surface area contributed by atoms with Crippen LogP contribution in [0.4, 0.5) is 10.8 Å². The van der Waals surface area contributed by atoms with Crippen LogP contribution in [0.3, 0.4) is 0 Å². The quantitative estimate of drug-likeness (QED) is 0.846. The molecule has 2 atom stereocenters. The SMILES string of the molecule is Cc1c(N)nsc1NC1CCN2CCCC2C1. The van der Waals surface area contributed by atoms with Crippen molar-refractivity contribution in [1.82, 2.24) is 9.27 Å². The van der Waals surface area contributed by atoms with Gasteiger partial charge in [0.2, 0.25) is 0 Å². The van der Waals surface area contributed by atoms with Gasteiger partial charge in [-0.1, -0.05) is 0 Å². The van der Waals surface area contributed by atoms with Crippen LogP contribution >= 0.6 is 11.5 Å². The van der Waals surface area contributed by atoms with Crippen molar-refractivity contribution >= 4 is 22.4 Å². The lowest BCUT2D eigenvalue weighted by Gasteiger charge is -2.35. The molecule has 2 aliphatic heterocycles. The molecule has 0 amide bonds. The average molecular weight is 252 g/mol. The third-order valence-corrected chi connectivity index (χ3v) is 5.01. The van der Waals surface area contributed by atoms with E-state index in [0.29, 0.717) is 11.9 Å². The zero-order chi connectivity index (χ0) is 11.8. The predicted octanol–water partition coefficient (Wildman–Crippen LogP) is 2.07. The Labute approximate surface area is 106 Å². The summed E-state index contributed by atoms with van der Waals surface area (Å²) in [5, 5.41) is 4.80. The van der Waals surface area contributed by atoms with Crippen molar-refractivity contribution in [3.8, 4) is 0 Å². The first-order valence-electron chi connectivity index (χ1n) is 6.46. The highest BCUT2D eigenvalue weighted by molar-refractivity contribution is 7.10. The summed E-state index contributed by atoms with van der Waals surface area (Å²) in [6.07, 6.45) is 5.27. The van der Waals surface area contributed by atoms with Crippen molar-refractivity contribution in [1.29, 1.82) is 0 Å². The third-order valence-electron chi connectivity index (χ3n) is 4.12. The number of rotatable bonds is 2. The Balaban J connectivity index is 1.64. The molecule has 17 heavy (non-hydrogen) atoms. The Hall–Kier alpha value is -0.810. The summed E-state index contributed by atoms with van der Waals surface area (Å²) in [7, 11) is 0. The van der Waals surface area contributed by atoms with Gasteiger partial charge in [0.15, 0.2) is 0 Å². The number of nitrogens with zero attached hydrogens (tertiary/aromatic N) is 2. The van der Waals surface area contributed by atoms with E-state index in [9.17, 15) is 0 Å². The van der Waals surface area contributed by atoms with Crippen LogP contribution in [0, 0.1) is 6.92 Å². The van der Waals surface area contributed by atoms with Crippen LogP contribution in [0.5, 0.6) is 0 Å². The zero-order valence-corrected chi connectivity index (χ0v) is 11.1. The van der Waals surface area contributed by atoms with E-state index in [0.717, 1.165) is 11.6 Å². The minimum Gasteiger partial charge on any atom is -0.383 e. The van der Waals surface area contributed by atoms with E-state index in [1.165, 1.54) is 55.3 Å². The van der Waals surface area contributed by atoms with Crippen molar-refractivity contribution in [2.24, 2.45) is 0 Å². The van der Waals surface area contributed by atoms with Crippen LogP contribution < -0.4 is 11.1 Å². The summed E-state index contributed by atoms with van der Waals surface area (Å²) >= 11 is 1.50. The molecule has 0 aliphatic carbocycles. The molecule has 5 heteroatoms. The van der Waals surface area contributed by atoms with E-state index >= 15 is 0 Å². The molecular formula is C12H20N4S. The van der Waals surface area contributed by atoms with Gasteiger partial charge >= 0.3 is 0 Å². The second kappa shape index (κ2) is 4.46. The topological polar surface area (TPSA) is 54.2 Å². The molecule has 0 bridgehead atoms. The van der Waals surface area contributed by atoms with Crippen molar-refractivity contribution in [3.05, 3.63) is 5.56 Å². The average Bonchev–Trinajstić information content (AvgIpc) is 2.90. The number of nitrogen functional groups attached to an aromatic ring is 1. The van der Waals surface area contributed by atoms with Gasteiger partial charge in [0.05, 0.1) is 0 Å². The van der Waals surface area contributed by atoms with E-state index < -0.39 is 0 Å². The Kier molecular flexibility index (Phi) is 2.96. The van der Waals surface area contributed by atoms with Crippen molar-refractivity contribution in [2.75, 3.05) is 24.1 Å². The maximum Gasteiger partial charge on any atom is 0.142 e. The van der Waals surface area contributed by atoms with Crippen LogP contribution in [0.2, 0.25) is 0 Å². The van der Waals surface area contributed by atoms with Crippen molar-refractivity contribution in [2.45, 2.75) is 44.7 Å². The first kappa shape index (κ1) is 11.3. The van der Waals surface area contributed by atoms with Gasteiger partial charge in [-0.2, -0.15) is 4.37 Å². The Morgan fingerprint density at radius 2 is 2.29 bits per heavy atom. The number of anilines is 2. The minimum atomic E-state index is 0.605. The highest BCUT2D eigenvalue weighted by Gasteiger charge is 2.31. The fourth-order valence-corrected chi connectivity index (χ4v) is 3.81. The van der Waals surface area contributed by atoms with Crippen LogP contribution in [0.25, 0.3) is 0 Å². The summed E-state index contributed by atoms with van der Waals surface area (Å²) in [4.78, 5) is 2.64. The molecule has 1 aromatic rings. The fourth-order valence-electron chi connectivity index (χ4n) is 3.02. The Morgan fingerprint density at radius 1 is 1.41 bits per heavy atom. The lowest BCUT2D eigenvalue weighted by atomic mass is 9.97. The van der Waals surface area contributed by atoms with Gasteiger partial charge in [-0.15, -0.1) is 0 Å². The van der Waals surface area contributed by atoms with E-state index in [2.05, 4.69) is 14.6 Å². The van der Waals surface area contributed by atoms with Gasteiger partial charge in [0, 0.05) is 24.2 Å². The molecule has 3 heterocycles. The summed E-state index contributed by atoms with van der Waals surface area (Å²) in [6.45, 7) is 4.60. The van der Waals surface area contributed by atoms with Gasteiger partial charge in [-0.3, -0.25) is 0 Å². The fraction of sp³-hybridized carbons (Fsp3) is 0.750. The first-order chi connectivity index (χ1) is 8.24.